The molecule has 0 saturated carbocycles. The summed E-state index contributed by atoms with van der Waals surface area (Å²) in [7, 11) is 0. The van der Waals surface area contributed by atoms with Crippen molar-refractivity contribution in [2.24, 2.45) is 0 Å². The van der Waals surface area contributed by atoms with Crippen molar-refractivity contribution in [3.63, 3.8) is 0 Å². The molecule has 0 N–H and O–H groups in total. The van der Waals surface area contributed by atoms with Crippen LogP contribution >= 0.6 is 0 Å². The first-order valence-electron chi connectivity index (χ1n) is 6.02. The number of carbonyl (C=O) groups is 1. The second kappa shape index (κ2) is 6.11. The normalized spacial score (nSPS) is 22.9. The monoisotopic (exact) mass is 213 g/mol. The lowest BCUT2D eigenvalue weighted by atomic mass is 10.1. The van der Waals surface area contributed by atoms with Crippen LogP contribution in [0.25, 0.3) is 0 Å². The van der Waals surface area contributed by atoms with Gasteiger partial charge in [0.1, 0.15) is 6.61 Å². The zero-order chi connectivity index (χ0) is 11.3. The molecule has 0 radical (unpaired) electrons. The van der Waals surface area contributed by atoms with Gasteiger partial charge in [-0.05, 0) is 33.6 Å². The van der Waals surface area contributed by atoms with Crippen LogP contribution in [-0.2, 0) is 9.53 Å². The molecule has 0 aromatic carbocycles. The van der Waals surface area contributed by atoms with E-state index in [0.717, 1.165) is 19.4 Å². The van der Waals surface area contributed by atoms with E-state index in [4.69, 9.17) is 4.74 Å². The smallest absolute Gasteiger partial charge is 0.248 e. The van der Waals surface area contributed by atoms with Gasteiger partial charge in [-0.1, -0.05) is 12.8 Å². The van der Waals surface area contributed by atoms with Crippen LogP contribution in [0, 0.1) is 0 Å². The van der Waals surface area contributed by atoms with E-state index in [2.05, 4.69) is 6.92 Å². The van der Waals surface area contributed by atoms with Crippen molar-refractivity contribution in [3.05, 3.63) is 0 Å². The highest BCUT2D eigenvalue weighted by Gasteiger charge is 2.21. The highest BCUT2D eigenvalue weighted by molar-refractivity contribution is 5.77. The molecule has 15 heavy (non-hydrogen) atoms. The molecule has 1 amide bonds. The van der Waals surface area contributed by atoms with Gasteiger partial charge >= 0.3 is 0 Å². The molecule has 1 aliphatic heterocycles. The molecule has 1 rings (SSSR count). The minimum absolute atomic E-state index is 0.135. The fourth-order valence-corrected chi connectivity index (χ4v) is 1.97. The lowest BCUT2D eigenvalue weighted by molar-refractivity contribution is -0.139. The summed E-state index contributed by atoms with van der Waals surface area (Å²) in [6.07, 6.45) is 4.90. The molecule has 88 valence electrons. The van der Waals surface area contributed by atoms with Crippen LogP contribution in [0.2, 0.25) is 0 Å². The number of hydrogen-bond donors (Lipinski definition) is 0. The summed E-state index contributed by atoms with van der Waals surface area (Å²) in [6, 6.07) is 0.385. The van der Waals surface area contributed by atoms with Gasteiger partial charge in [-0.3, -0.25) is 4.79 Å². The maximum Gasteiger partial charge on any atom is 0.248 e. The van der Waals surface area contributed by atoms with Crippen molar-refractivity contribution >= 4 is 5.91 Å². The fraction of sp³-hybridized carbons (Fsp3) is 0.917. The van der Waals surface area contributed by atoms with Gasteiger partial charge < -0.3 is 9.64 Å². The van der Waals surface area contributed by atoms with Crippen molar-refractivity contribution in [1.29, 1.82) is 0 Å². The first kappa shape index (κ1) is 12.5. The Morgan fingerprint density at radius 3 is 2.80 bits per heavy atom. The molecule has 0 aliphatic carbocycles. The average molecular weight is 213 g/mol. The molecule has 0 aromatic rings. The van der Waals surface area contributed by atoms with Crippen molar-refractivity contribution in [2.45, 2.75) is 58.6 Å². The second-order valence-electron chi connectivity index (χ2n) is 4.65. The van der Waals surface area contributed by atoms with Crippen LogP contribution in [0.15, 0.2) is 0 Å². The molecule has 0 spiro atoms. The van der Waals surface area contributed by atoms with Crippen LogP contribution < -0.4 is 0 Å². The zero-order valence-corrected chi connectivity index (χ0v) is 10.2. The highest BCUT2D eigenvalue weighted by Crippen LogP contribution is 2.16. The standard InChI is InChI=1S/C12H23NO2/c1-10(2)15-9-12(14)13-8-6-4-5-7-11(13)3/h10-11H,4-9H2,1-3H3. The Balaban J connectivity index is 2.41. The van der Waals surface area contributed by atoms with Gasteiger partial charge in [0.2, 0.25) is 5.91 Å². The Morgan fingerprint density at radius 1 is 1.40 bits per heavy atom. The summed E-state index contributed by atoms with van der Waals surface area (Å²) in [5.41, 5.74) is 0. The maximum atomic E-state index is 11.9. The van der Waals surface area contributed by atoms with Crippen LogP contribution in [0.5, 0.6) is 0 Å². The number of amides is 1. The maximum absolute atomic E-state index is 11.9. The van der Waals surface area contributed by atoms with Crippen LogP contribution in [0.1, 0.15) is 46.5 Å². The number of hydrogen-bond acceptors (Lipinski definition) is 2. The Kier molecular flexibility index (Phi) is 5.09. The number of ether oxygens (including phenoxy) is 1. The molecule has 1 atom stereocenters. The lowest BCUT2D eigenvalue weighted by Gasteiger charge is -2.27. The van der Waals surface area contributed by atoms with E-state index in [0.29, 0.717) is 6.04 Å². The number of rotatable bonds is 3. The van der Waals surface area contributed by atoms with E-state index >= 15 is 0 Å². The third kappa shape index (κ3) is 4.20. The minimum atomic E-state index is 0.135. The Hall–Kier alpha value is -0.570. The van der Waals surface area contributed by atoms with Crippen LogP contribution in [0.4, 0.5) is 0 Å². The SMILES string of the molecule is CC(C)OCC(=O)N1CCCCCC1C. The summed E-state index contributed by atoms with van der Waals surface area (Å²) in [6.45, 7) is 7.19. The minimum Gasteiger partial charge on any atom is -0.369 e. The van der Waals surface area contributed by atoms with E-state index in [-0.39, 0.29) is 18.6 Å². The molecule has 0 aromatic heterocycles. The van der Waals surface area contributed by atoms with Gasteiger partial charge in [-0.2, -0.15) is 0 Å². The summed E-state index contributed by atoms with van der Waals surface area (Å²) >= 11 is 0. The van der Waals surface area contributed by atoms with E-state index in [1.165, 1.54) is 12.8 Å². The van der Waals surface area contributed by atoms with Crippen molar-refractivity contribution in [3.8, 4) is 0 Å². The highest BCUT2D eigenvalue weighted by atomic mass is 16.5. The Bertz CT molecular complexity index is 204. The molecule has 0 bridgehead atoms. The van der Waals surface area contributed by atoms with Gasteiger partial charge in [0.05, 0.1) is 6.10 Å². The lowest BCUT2D eigenvalue weighted by Crippen LogP contribution is -2.40. The third-order valence-electron chi connectivity index (χ3n) is 2.91. The first-order valence-corrected chi connectivity index (χ1v) is 6.02. The summed E-state index contributed by atoms with van der Waals surface area (Å²) in [4.78, 5) is 13.8. The van der Waals surface area contributed by atoms with E-state index in [1.54, 1.807) is 0 Å². The summed E-state index contributed by atoms with van der Waals surface area (Å²) in [5.74, 6) is 0.151. The van der Waals surface area contributed by atoms with Crippen LogP contribution in [0.3, 0.4) is 0 Å². The van der Waals surface area contributed by atoms with Crippen molar-refractivity contribution < 1.29 is 9.53 Å². The zero-order valence-electron chi connectivity index (χ0n) is 10.2. The molecule has 1 aliphatic rings. The van der Waals surface area contributed by atoms with Gasteiger partial charge in [-0.25, -0.2) is 0 Å². The molecule has 3 nitrogen and oxygen atoms in total. The van der Waals surface area contributed by atoms with Crippen LogP contribution in [-0.4, -0.2) is 36.1 Å². The molecular formula is C12H23NO2. The summed E-state index contributed by atoms with van der Waals surface area (Å²) in [5, 5.41) is 0. The summed E-state index contributed by atoms with van der Waals surface area (Å²) < 4.78 is 5.35. The third-order valence-corrected chi connectivity index (χ3v) is 2.91. The molecule has 1 heterocycles. The van der Waals surface area contributed by atoms with E-state index in [9.17, 15) is 4.79 Å². The molecule has 1 unspecified atom stereocenters. The Morgan fingerprint density at radius 2 is 2.13 bits per heavy atom. The van der Waals surface area contributed by atoms with Gasteiger partial charge in [0.25, 0.3) is 0 Å². The predicted octanol–water partition coefficient (Wildman–Crippen LogP) is 2.20. The number of carbonyl (C=O) groups excluding carboxylic acids is 1. The number of likely N-dealkylation sites (tertiary alicyclic amines) is 1. The first-order chi connectivity index (χ1) is 7.11. The second-order valence-corrected chi connectivity index (χ2v) is 4.65. The quantitative estimate of drug-likeness (QED) is 0.719. The van der Waals surface area contributed by atoms with Gasteiger partial charge in [-0.15, -0.1) is 0 Å². The Labute approximate surface area is 92.8 Å². The topological polar surface area (TPSA) is 29.5 Å². The molecule has 1 fully saturated rings. The average Bonchev–Trinajstić information content (AvgIpc) is 2.39. The number of nitrogens with zero attached hydrogens (tertiary/aromatic N) is 1. The van der Waals surface area contributed by atoms with Crippen molar-refractivity contribution in [2.75, 3.05) is 13.2 Å². The van der Waals surface area contributed by atoms with E-state index < -0.39 is 0 Å². The van der Waals surface area contributed by atoms with Gasteiger partial charge in [0, 0.05) is 12.6 Å². The van der Waals surface area contributed by atoms with Crippen molar-refractivity contribution in [1.82, 2.24) is 4.90 Å². The largest absolute Gasteiger partial charge is 0.369 e. The molecular weight excluding hydrogens is 190 g/mol. The fourth-order valence-electron chi connectivity index (χ4n) is 1.97. The molecule has 3 heteroatoms. The van der Waals surface area contributed by atoms with Gasteiger partial charge in [0.15, 0.2) is 0 Å². The van der Waals surface area contributed by atoms with E-state index in [1.807, 2.05) is 18.7 Å². The molecule has 1 saturated heterocycles. The predicted molar refractivity (Wildman–Crippen MR) is 60.7 cm³/mol.